The van der Waals surface area contributed by atoms with Gasteiger partial charge < -0.3 is 14.4 Å². The van der Waals surface area contributed by atoms with Crippen molar-refractivity contribution in [3.8, 4) is 0 Å². The third-order valence-electron chi connectivity index (χ3n) is 3.22. The molecular weight excluding hydrogens is 248 g/mol. The molecule has 0 saturated carbocycles. The summed E-state index contributed by atoms with van der Waals surface area (Å²) >= 11 is 0. The highest BCUT2D eigenvalue weighted by molar-refractivity contribution is 5.66. The summed E-state index contributed by atoms with van der Waals surface area (Å²) in [6, 6.07) is 0. The standard InChI is InChI=1S/C13H22N2O4/c1-4-13(5-2,18-6-3)12-14-10(19-15-12)8-7-9-11(16)17/h4-9H2,1-3H3,(H,16,17). The molecule has 0 aromatic carbocycles. The topological polar surface area (TPSA) is 85.5 Å². The Labute approximate surface area is 113 Å². The molecule has 0 fully saturated rings. The fraction of sp³-hybridized carbons (Fsp3) is 0.769. The van der Waals surface area contributed by atoms with E-state index in [0.717, 1.165) is 12.8 Å². The minimum atomic E-state index is -0.814. The molecular formula is C13H22N2O4. The molecule has 0 radical (unpaired) electrons. The van der Waals surface area contributed by atoms with Crippen LogP contribution in [0.5, 0.6) is 0 Å². The van der Waals surface area contributed by atoms with Gasteiger partial charge in [-0.1, -0.05) is 19.0 Å². The highest BCUT2D eigenvalue weighted by Gasteiger charge is 2.34. The average molecular weight is 270 g/mol. The summed E-state index contributed by atoms with van der Waals surface area (Å²) in [7, 11) is 0. The van der Waals surface area contributed by atoms with Crippen LogP contribution in [-0.2, 0) is 21.6 Å². The second-order valence-corrected chi connectivity index (χ2v) is 4.39. The molecule has 1 aromatic heterocycles. The van der Waals surface area contributed by atoms with E-state index >= 15 is 0 Å². The van der Waals surface area contributed by atoms with Gasteiger partial charge in [0.25, 0.3) is 0 Å². The summed E-state index contributed by atoms with van der Waals surface area (Å²) in [5.41, 5.74) is -0.497. The minimum absolute atomic E-state index is 0.107. The van der Waals surface area contributed by atoms with Gasteiger partial charge in [-0.3, -0.25) is 4.79 Å². The first-order chi connectivity index (χ1) is 9.07. The van der Waals surface area contributed by atoms with Gasteiger partial charge in [-0.15, -0.1) is 0 Å². The molecule has 0 unspecified atom stereocenters. The first kappa shape index (κ1) is 15.6. The molecule has 0 aliphatic heterocycles. The Kier molecular flexibility index (Phi) is 5.95. The fourth-order valence-electron chi connectivity index (χ4n) is 2.04. The number of ether oxygens (including phenoxy) is 1. The highest BCUT2D eigenvalue weighted by atomic mass is 16.5. The molecule has 6 nitrogen and oxygen atoms in total. The van der Waals surface area contributed by atoms with E-state index in [1.54, 1.807) is 0 Å². The van der Waals surface area contributed by atoms with Crippen LogP contribution in [0.4, 0.5) is 0 Å². The van der Waals surface area contributed by atoms with Gasteiger partial charge in [-0.2, -0.15) is 4.98 Å². The predicted molar refractivity (Wildman–Crippen MR) is 68.8 cm³/mol. The lowest BCUT2D eigenvalue weighted by molar-refractivity contribution is -0.137. The van der Waals surface area contributed by atoms with Crippen molar-refractivity contribution >= 4 is 5.97 Å². The van der Waals surface area contributed by atoms with E-state index in [1.165, 1.54) is 0 Å². The fourth-order valence-corrected chi connectivity index (χ4v) is 2.04. The summed E-state index contributed by atoms with van der Waals surface area (Å²) in [6.07, 6.45) is 2.62. The quantitative estimate of drug-likeness (QED) is 0.742. The number of hydrogen-bond donors (Lipinski definition) is 1. The van der Waals surface area contributed by atoms with Crippen LogP contribution in [0.3, 0.4) is 0 Å². The molecule has 108 valence electrons. The van der Waals surface area contributed by atoms with Crippen molar-refractivity contribution in [3.63, 3.8) is 0 Å². The summed E-state index contributed by atoms with van der Waals surface area (Å²) in [6.45, 7) is 6.58. The second-order valence-electron chi connectivity index (χ2n) is 4.39. The van der Waals surface area contributed by atoms with Crippen LogP contribution in [0.25, 0.3) is 0 Å². The largest absolute Gasteiger partial charge is 0.481 e. The number of carboxylic acids is 1. The number of aryl methyl sites for hydroxylation is 1. The van der Waals surface area contributed by atoms with Gasteiger partial charge in [0.15, 0.2) is 0 Å². The van der Waals surface area contributed by atoms with Gasteiger partial charge in [0.2, 0.25) is 11.7 Å². The van der Waals surface area contributed by atoms with Gasteiger partial charge in [0, 0.05) is 19.4 Å². The molecule has 19 heavy (non-hydrogen) atoms. The van der Waals surface area contributed by atoms with Crippen LogP contribution in [0.2, 0.25) is 0 Å². The van der Waals surface area contributed by atoms with E-state index in [4.69, 9.17) is 14.4 Å². The number of rotatable bonds is 9. The molecule has 0 atom stereocenters. The predicted octanol–water partition coefficient (Wildman–Crippen LogP) is 2.53. The maximum absolute atomic E-state index is 10.4. The number of carboxylic acid groups (broad SMARTS) is 1. The lowest BCUT2D eigenvalue weighted by atomic mass is 9.96. The molecule has 1 rings (SSSR count). The van der Waals surface area contributed by atoms with Gasteiger partial charge in [-0.25, -0.2) is 0 Å². The summed E-state index contributed by atoms with van der Waals surface area (Å²) in [5.74, 6) is 0.220. The van der Waals surface area contributed by atoms with Crippen LogP contribution in [0.1, 0.15) is 58.2 Å². The molecule has 0 amide bonds. The van der Waals surface area contributed by atoms with Crippen molar-refractivity contribution < 1.29 is 19.2 Å². The molecule has 0 aliphatic rings. The number of nitrogens with zero attached hydrogens (tertiary/aromatic N) is 2. The molecule has 6 heteroatoms. The van der Waals surface area contributed by atoms with E-state index in [0.29, 0.717) is 31.2 Å². The Balaban J connectivity index is 2.73. The number of carbonyl (C=O) groups is 1. The maximum Gasteiger partial charge on any atom is 0.303 e. The maximum atomic E-state index is 10.4. The van der Waals surface area contributed by atoms with Crippen LogP contribution in [-0.4, -0.2) is 27.8 Å². The van der Waals surface area contributed by atoms with Gasteiger partial charge in [0.1, 0.15) is 5.60 Å². The Bertz CT molecular complexity index is 399. The van der Waals surface area contributed by atoms with Gasteiger partial charge in [-0.05, 0) is 26.2 Å². The van der Waals surface area contributed by atoms with Crippen LogP contribution >= 0.6 is 0 Å². The normalized spacial score (nSPS) is 11.7. The third kappa shape index (κ3) is 4.02. The van der Waals surface area contributed by atoms with E-state index < -0.39 is 11.6 Å². The van der Waals surface area contributed by atoms with Gasteiger partial charge in [0.05, 0.1) is 0 Å². The average Bonchev–Trinajstić information content (AvgIpc) is 2.85. The van der Waals surface area contributed by atoms with E-state index in [2.05, 4.69) is 10.1 Å². The van der Waals surface area contributed by atoms with Crippen LogP contribution < -0.4 is 0 Å². The summed E-state index contributed by atoms with van der Waals surface area (Å²) in [5, 5.41) is 12.6. The van der Waals surface area contributed by atoms with E-state index in [-0.39, 0.29) is 6.42 Å². The van der Waals surface area contributed by atoms with Crippen molar-refractivity contribution in [1.82, 2.24) is 10.1 Å². The van der Waals surface area contributed by atoms with Crippen molar-refractivity contribution in [2.24, 2.45) is 0 Å². The molecule has 1 N–H and O–H groups in total. The Morgan fingerprint density at radius 1 is 1.37 bits per heavy atom. The Morgan fingerprint density at radius 2 is 2.05 bits per heavy atom. The first-order valence-corrected chi connectivity index (χ1v) is 6.76. The van der Waals surface area contributed by atoms with Crippen LogP contribution in [0.15, 0.2) is 4.52 Å². The zero-order valence-corrected chi connectivity index (χ0v) is 11.8. The molecule has 1 aromatic rings. The highest BCUT2D eigenvalue weighted by Crippen LogP contribution is 2.30. The molecule has 1 heterocycles. The van der Waals surface area contributed by atoms with E-state index in [1.807, 2.05) is 20.8 Å². The lowest BCUT2D eigenvalue weighted by Crippen LogP contribution is -2.29. The number of aliphatic carboxylic acids is 1. The molecule has 0 bridgehead atoms. The SMILES string of the molecule is CCOC(CC)(CC)c1noc(CCCC(=O)O)n1. The third-order valence-corrected chi connectivity index (χ3v) is 3.22. The number of hydrogen-bond acceptors (Lipinski definition) is 5. The van der Waals surface area contributed by atoms with E-state index in [9.17, 15) is 4.79 Å². The molecule has 0 saturated heterocycles. The molecule has 0 aliphatic carbocycles. The van der Waals surface area contributed by atoms with Crippen molar-refractivity contribution in [2.75, 3.05) is 6.61 Å². The molecule has 0 spiro atoms. The van der Waals surface area contributed by atoms with Crippen molar-refractivity contribution in [2.45, 2.75) is 58.5 Å². The Hall–Kier alpha value is -1.43. The van der Waals surface area contributed by atoms with Gasteiger partial charge >= 0.3 is 5.97 Å². The van der Waals surface area contributed by atoms with Crippen LogP contribution in [0, 0.1) is 0 Å². The summed E-state index contributed by atoms with van der Waals surface area (Å²) in [4.78, 5) is 14.8. The van der Waals surface area contributed by atoms with Crippen molar-refractivity contribution in [1.29, 1.82) is 0 Å². The first-order valence-electron chi connectivity index (χ1n) is 6.76. The second kappa shape index (κ2) is 7.23. The zero-order chi connectivity index (χ0) is 14.3. The minimum Gasteiger partial charge on any atom is -0.481 e. The zero-order valence-electron chi connectivity index (χ0n) is 11.8. The summed E-state index contributed by atoms with van der Waals surface area (Å²) < 4.78 is 11.0. The Morgan fingerprint density at radius 3 is 2.58 bits per heavy atom. The lowest BCUT2D eigenvalue weighted by Gasteiger charge is -2.27. The smallest absolute Gasteiger partial charge is 0.303 e. The monoisotopic (exact) mass is 270 g/mol. The number of aromatic nitrogens is 2. The van der Waals surface area contributed by atoms with Crippen molar-refractivity contribution in [3.05, 3.63) is 11.7 Å².